The highest BCUT2D eigenvalue weighted by molar-refractivity contribution is 6.35. The fourth-order valence-electron chi connectivity index (χ4n) is 1.89. The minimum absolute atomic E-state index is 0.162. The highest BCUT2D eigenvalue weighted by atomic mass is 35.5. The number of amides is 2. The third-order valence-electron chi connectivity index (χ3n) is 3.15. The molecule has 0 aliphatic heterocycles. The van der Waals surface area contributed by atoms with Crippen LogP contribution in [0.2, 0.25) is 5.02 Å². The molecular formula is C16H17ClN2O4. The van der Waals surface area contributed by atoms with Crippen molar-refractivity contribution in [2.75, 3.05) is 6.54 Å². The molecule has 2 aromatic rings. The Labute approximate surface area is 138 Å². The zero-order chi connectivity index (χ0) is 16.7. The molecule has 122 valence electrons. The Balaban J connectivity index is 1.68. The number of nitrogens with one attached hydrogen (secondary N) is 2. The largest absolute Gasteiger partial charge is 0.467 e. The monoisotopic (exact) mass is 336 g/mol. The summed E-state index contributed by atoms with van der Waals surface area (Å²) in [6.45, 7) is 0.396. The molecule has 1 heterocycles. The summed E-state index contributed by atoms with van der Waals surface area (Å²) in [5.41, 5.74) is 0.837. The average Bonchev–Trinajstić information content (AvgIpc) is 3.08. The van der Waals surface area contributed by atoms with Crippen molar-refractivity contribution in [3.05, 3.63) is 59.0 Å². The Morgan fingerprint density at radius 1 is 1.13 bits per heavy atom. The number of benzene rings is 1. The second-order valence-electron chi connectivity index (χ2n) is 4.88. The van der Waals surface area contributed by atoms with Gasteiger partial charge in [0, 0.05) is 18.1 Å². The fraction of sp³-hybridized carbons (Fsp3) is 0.250. The average molecular weight is 337 g/mol. The summed E-state index contributed by atoms with van der Waals surface area (Å²) in [6, 6.07) is 10.3. The molecule has 1 atom stereocenters. The predicted octanol–water partition coefficient (Wildman–Crippen LogP) is 1.79. The van der Waals surface area contributed by atoms with Crippen molar-refractivity contribution in [1.29, 1.82) is 0 Å². The van der Waals surface area contributed by atoms with Gasteiger partial charge in [0.15, 0.2) is 0 Å². The number of hydrogen-bond acceptors (Lipinski definition) is 4. The number of furan rings is 1. The zero-order valence-corrected chi connectivity index (χ0v) is 13.0. The molecule has 2 rings (SSSR count). The second-order valence-corrected chi connectivity index (χ2v) is 5.32. The van der Waals surface area contributed by atoms with E-state index >= 15 is 0 Å². The van der Waals surface area contributed by atoms with Gasteiger partial charge in [-0.3, -0.25) is 9.59 Å². The zero-order valence-electron chi connectivity index (χ0n) is 12.3. The van der Waals surface area contributed by atoms with E-state index < -0.39 is 17.9 Å². The number of aliphatic hydroxyl groups excluding tert-OH is 1. The summed E-state index contributed by atoms with van der Waals surface area (Å²) in [4.78, 5) is 23.3. The van der Waals surface area contributed by atoms with Crippen LogP contribution in [0.25, 0.3) is 0 Å². The molecule has 0 spiro atoms. The first-order chi connectivity index (χ1) is 11.1. The van der Waals surface area contributed by atoms with Gasteiger partial charge in [0.25, 0.3) is 0 Å². The normalized spacial score (nSPS) is 11.7. The molecule has 0 saturated heterocycles. The Morgan fingerprint density at radius 2 is 1.83 bits per heavy atom. The van der Waals surface area contributed by atoms with Crippen LogP contribution in [0.3, 0.4) is 0 Å². The Hall–Kier alpha value is -2.31. The van der Waals surface area contributed by atoms with E-state index in [1.807, 2.05) is 0 Å². The maximum absolute atomic E-state index is 11.7. The standard InChI is InChI=1S/C16H17ClN2O4/c17-12-5-3-11(4-6-12)10-19-16(22)15(21)18-8-7-13(20)14-2-1-9-23-14/h1-6,9,13,20H,7-8,10H2,(H,18,21)(H,19,22). The van der Waals surface area contributed by atoms with Crippen molar-refractivity contribution in [2.24, 2.45) is 0 Å². The quantitative estimate of drug-likeness (QED) is 0.701. The molecule has 1 unspecified atom stereocenters. The van der Waals surface area contributed by atoms with Gasteiger partial charge < -0.3 is 20.2 Å². The first-order valence-electron chi connectivity index (χ1n) is 7.08. The van der Waals surface area contributed by atoms with E-state index in [0.29, 0.717) is 10.8 Å². The van der Waals surface area contributed by atoms with Crippen molar-refractivity contribution < 1.29 is 19.1 Å². The lowest BCUT2D eigenvalue weighted by atomic mass is 10.2. The van der Waals surface area contributed by atoms with Crippen LogP contribution in [0.1, 0.15) is 23.8 Å². The first-order valence-corrected chi connectivity index (χ1v) is 7.46. The lowest BCUT2D eigenvalue weighted by molar-refractivity contribution is -0.139. The lowest BCUT2D eigenvalue weighted by Gasteiger charge is -2.09. The third-order valence-corrected chi connectivity index (χ3v) is 3.40. The van der Waals surface area contributed by atoms with Gasteiger partial charge >= 0.3 is 11.8 Å². The van der Waals surface area contributed by atoms with Crippen LogP contribution in [-0.2, 0) is 16.1 Å². The molecular weight excluding hydrogens is 320 g/mol. The fourth-order valence-corrected chi connectivity index (χ4v) is 2.02. The van der Waals surface area contributed by atoms with E-state index in [-0.39, 0.29) is 19.5 Å². The summed E-state index contributed by atoms with van der Waals surface area (Å²) in [5.74, 6) is -1.05. The smallest absolute Gasteiger partial charge is 0.309 e. The summed E-state index contributed by atoms with van der Waals surface area (Å²) in [5, 5.41) is 15.3. The highest BCUT2D eigenvalue weighted by Crippen LogP contribution is 2.15. The van der Waals surface area contributed by atoms with E-state index in [9.17, 15) is 14.7 Å². The topological polar surface area (TPSA) is 91.6 Å². The SMILES string of the molecule is O=C(NCCC(O)c1ccco1)C(=O)NCc1ccc(Cl)cc1. The molecule has 0 radical (unpaired) electrons. The lowest BCUT2D eigenvalue weighted by Crippen LogP contribution is -2.40. The van der Waals surface area contributed by atoms with E-state index in [4.69, 9.17) is 16.0 Å². The number of halogens is 1. The summed E-state index contributed by atoms with van der Waals surface area (Å²) in [6.07, 6.45) is 0.896. The molecule has 0 bridgehead atoms. The highest BCUT2D eigenvalue weighted by Gasteiger charge is 2.14. The van der Waals surface area contributed by atoms with Crippen molar-refractivity contribution in [3.63, 3.8) is 0 Å². The second kappa shape index (κ2) is 8.36. The summed E-state index contributed by atoms with van der Waals surface area (Å²) < 4.78 is 5.04. The van der Waals surface area contributed by atoms with Crippen molar-refractivity contribution in [1.82, 2.24) is 10.6 Å². The van der Waals surface area contributed by atoms with E-state index in [1.54, 1.807) is 36.4 Å². The van der Waals surface area contributed by atoms with Crippen molar-refractivity contribution in [2.45, 2.75) is 19.1 Å². The van der Waals surface area contributed by atoms with Crippen LogP contribution >= 0.6 is 11.6 Å². The van der Waals surface area contributed by atoms with Gasteiger partial charge in [-0.25, -0.2) is 0 Å². The first kappa shape index (κ1) is 17.1. The molecule has 1 aromatic heterocycles. The van der Waals surface area contributed by atoms with Crippen molar-refractivity contribution >= 4 is 23.4 Å². The molecule has 1 aromatic carbocycles. The number of rotatable bonds is 6. The van der Waals surface area contributed by atoms with Crippen molar-refractivity contribution in [3.8, 4) is 0 Å². The van der Waals surface area contributed by atoms with Gasteiger partial charge in [0.2, 0.25) is 0 Å². The van der Waals surface area contributed by atoms with Gasteiger partial charge in [-0.15, -0.1) is 0 Å². The Bertz CT molecular complexity index is 641. The molecule has 2 amide bonds. The predicted molar refractivity (Wildman–Crippen MR) is 84.6 cm³/mol. The van der Waals surface area contributed by atoms with Gasteiger partial charge in [0.1, 0.15) is 11.9 Å². The number of aliphatic hydroxyl groups is 1. The summed E-state index contributed by atoms with van der Waals surface area (Å²) in [7, 11) is 0. The van der Waals surface area contributed by atoms with Crippen LogP contribution in [-0.4, -0.2) is 23.5 Å². The molecule has 3 N–H and O–H groups in total. The van der Waals surface area contributed by atoms with Gasteiger partial charge in [-0.1, -0.05) is 23.7 Å². The number of carbonyl (C=O) groups is 2. The van der Waals surface area contributed by atoms with E-state index in [1.165, 1.54) is 6.26 Å². The molecule has 0 aliphatic carbocycles. The molecule has 0 fully saturated rings. The van der Waals surface area contributed by atoms with Crippen LogP contribution in [0.5, 0.6) is 0 Å². The van der Waals surface area contributed by atoms with Gasteiger partial charge in [-0.2, -0.15) is 0 Å². The van der Waals surface area contributed by atoms with E-state index in [2.05, 4.69) is 10.6 Å². The molecule has 23 heavy (non-hydrogen) atoms. The van der Waals surface area contributed by atoms with Gasteiger partial charge in [-0.05, 0) is 36.2 Å². The van der Waals surface area contributed by atoms with Crippen LogP contribution in [0.15, 0.2) is 47.1 Å². The molecule has 6 nitrogen and oxygen atoms in total. The molecule has 0 saturated carbocycles. The minimum Gasteiger partial charge on any atom is -0.467 e. The minimum atomic E-state index is -0.817. The van der Waals surface area contributed by atoms with Gasteiger partial charge in [0.05, 0.1) is 6.26 Å². The van der Waals surface area contributed by atoms with Crippen LogP contribution in [0.4, 0.5) is 0 Å². The third kappa shape index (κ3) is 5.43. The summed E-state index contributed by atoms with van der Waals surface area (Å²) >= 11 is 5.77. The van der Waals surface area contributed by atoms with Crippen LogP contribution < -0.4 is 10.6 Å². The van der Waals surface area contributed by atoms with E-state index in [0.717, 1.165) is 5.56 Å². The van der Waals surface area contributed by atoms with Crippen LogP contribution in [0, 0.1) is 0 Å². The molecule has 7 heteroatoms. The number of carbonyl (C=O) groups excluding carboxylic acids is 2. The Morgan fingerprint density at radius 3 is 2.48 bits per heavy atom. The Kier molecular flexibility index (Phi) is 6.19. The molecule has 0 aliphatic rings. The maximum atomic E-state index is 11.7. The number of hydrogen-bond donors (Lipinski definition) is 3. The maximum Gasteiger partial charge on any atom is 0.309 e.